The van der Waals surface area contributed by atoms with Crippen LogP contribution in [0.3, 0.4) is 0 Å². The van der Waals surface area contributed by atoms with Crippen molar-refractivity contribution in [3.8, 4) is 11.1 Å². The highest BCUT2D eigenvalue weighted by molar-refractivity contribution is 6.31. The van der Waals surface area contributed by atoms with Crippen molar-refractivity contribution in [3.05, 3.63) is 71.6 Å². The molecule has 0 unspecified atom stereocenters. The van der Waals surface area contributed by atoms with Gasteiger partial charge in [0.05, 0.1) is 5.69 Å². The number of carbonyl (C=O) groups excluding carboxylic acids is 2. The average Bonchev–Trinajstić information content (AvgIpc) is 3.18. The summed E-state index contributed by atoms with van der Waals surface area (Å²) in [5.41, 5.74) is 3.00. The van der Waals surface area contributed by atoms with E-state index in [-0.39, 0.29) is 11.8 Å². The summed E-state index contributed by atoms with van der Waals surface area (Å²) in [7, 11) is 2.12. The van der Waals surface area contributed by atoms with Gasteiger partial charge in [-0.15, -0.1) is 0 Å². The van der Waals surface area contributed by atoms with Gasteiger partial charge in [0.25, 0.3) is 5.91 Å². The Morgan fingerprint density at radius 2 is 1.77 bits per heavy atom. The fourth-order valence-corrected chi connectivity index (χ4v) is 5.54. The van der Waals surface area contributed by atoms with Crippen molar-refractivity contribution >= 4 is 34.9 Å². The largest absolute Gasteiger partial charge is 0.355 e. The molecule has 1 aromatic carbocycles. The van der Waals surface area contributed by atoms with Gasteiger partial charge in [-0.25, -0.2) is 4.98 Å². The van der Waals surface area contributed by atoms with E-state index >= 15 is 0 Å². The first-order valence-corrected chi connectivity index (χ1v) is 14.0. The number of nitrogens with one attached hydrogen (secondary N) is 1. The van der Waals surface area contributed by atoms with Crippen LogP contribution in [0.4, 0.5) is 11.5 Å². The van der Waals surface area contributed by atoms with Crippen molar-refractivity contribution in [2.75, 3.05) is 56.5 Å². The third-order valence-electron chi connectivity index (χ3n) is 7.66. The van der Waals surface area contributed by atoms with Gasteiger partial charge < -0.3 is 20.0 Å². The zero-order valence-electron chi connectivity index (χ0n) is 22.4. The number of anilines is 2. The van der Waals surface area contributed by atoms with Crippen molar-refractivity contribution in [2.45, 2.75) is 25.7 Å². The van der Waals surface area contributed by atoms with Gasteiger partial charge in [0, 0.05) is 73.9 Å². The first-order valence-electron chi connectivity index (χ1n) is 13.6. The van der Waals surface area contributed by atoms with E-state index in [0.717, 1.165) is 75.5 Å². The van der Waals surface area contributed by atoms with Crippen LogP contribution in [0.1, 0.15) is 36.0 Å². The zero-order valence-corrected chi connectivity index (χ0v) is 23.1. The molecule has 39 heavy (non-hydrogen) atoms. The topological polar surface area (TPSA) is 81.7 Å². The average molecular weight is 547 g/mol. The number of hydrogen-bond donors (Lipinski definition) is 1. The molecule has 0 atom stereocenters. The van der Waals surface area contributed by atoms with E-state index < -0.39 is 0 Å². The molecule has 0 saturated carbocycles. The van der Waals surface area contributed by atoms with Gasteiger partial charge >= 0.3 is 0 Å². The zero-order chi connectivity index (χ0) is 27.2. The Hall–Kier alpha value is -3.49. The van der Waals surface area contributed by atoms with Crippen molar-refractivity contribution in [1.82, 2.24) is 19.8 Å². The molecule has 204 valence electrons. The lowest BCUT2D eigenvalue weighted by Gasteiger charge is -2.34. The van der Waals surface area contributed by atoms with Gasteiger partial charge in [-0.3, -0.25) is 14.6 Å². The highest BCUT2D eigenvalue weighted by atomic mass is 35.5. The number of piperidine rings is 1. The third kappa shape index (κ3) is 6.94. The number of rotatable bonds is 6. The fourth-order valence-electron chi connectivity index (χ4n) is 5.35. The summed E-state index contributed by atoms with van der Waals surface area (Å²) in [5, 5.41) is 3.58. The predicted octanol–water partition coefficient (Wildman–Crippen LogP) is 4.82. The molecule has 2 saturated heterocycles. The smallest absolute Gasteiger partial charge is 0.255 e. The Balaban J connectivity index is 1.29. The number of nitrogens with zero attached hydrogens (tertiary/aromatic N) is 5. The molecular weight excluding hydrogens is 512 g/mol. The molecule has 2 amide bonds. The molecule has 2 aliphatic heterocycles. The molecule has 1 N–H and O–H groups in total. The normalized spacial score (nSPS) is 17.1. The molecule has 2 fully saturated rings. The van der Waals surface area contributed by atoms with E-state index in [1.165, 1.54) is 0 Å². The SMILES string of the molecule is CN1CCCN(C(=O)CC2CCN(c3ncc(-c4ccncc4)cc3NC(=O)c3cccc(Cl)c3)CC2)CC1. The molecule has 8 nitrogen and oxygen atoms in total. The lowest BCUT2D eigenvalue weighted by atomic mass is 9.92. The summed E-state index contributed by atoms with van der Waals surface area (Å²) in [5.74, 6) is 1.13. The van der Waals surface area contributed by atoms with Crippen LogP contribution in [0.2, 0.25) is 5.02 Å². The second-order valence-electron chi connectivity index (χ2n) is 10.5. The van der Waals surface area contributed by atoms with Crippen LogP contribution >= 0.6 is 11.6 Å². The molecule has 5 rings (SSSR count). The molecule has 9 heteroatoms. The number of likely N-dealkylation sites (N-methyl/N-ethyl adjacent to an activating group) is 1. The number of carbonyl (C=O) groups is 2. The highest BCUT2D eigenvalue weighted by Crippen LogP contribution is 2.33. The van der Waals surface area contributed by atoms with Gasteiger partial charge in [0.1, 0.15) is 0 Å². The van der Waals surface area contributed by atoms with Gasteiger partial charge in [-0.05, 0) is 80.7 Å². The minimum absolute atomic E-state index is 0.240. The van der Waals surface area contributed by atoms with E-state index in [1.807, 2.05) is 29.3 Å². The third-order valence-corrected chi connectivity index (χ3v) is 7.90. The molecule has 2 aliphatic rings. The van der Waals surface area contributed by atoms with Crippen LogP contribution < -0.4 is 10.2 Å². The van der Waals surface area contributed by atoms with Crippen molar-refractivity contribution in [2.24, 2.45) is 5.92 Å². The van der Waals surface area contributed by atoms with Crippen LogP contribution in [-0.4, -0.2) is 77.9 Å². The van der Waals surface area contributed by atoms with Crippen LogP contribution in [0.15, 0.2) is 61.1 Å². The van der Waals surface area contributed by atoms with Gasteiger partial charge in [0.2, 0.25) is 5.91 Å². The van der Waals surface area contributed by atoms with Crippen molar-refractivity contribution in [3.63, 3.8) is 0 Å². The molecule has 0 radical (unpaired) electrons. The second kappa shape index (κ2) is 12.6. The van der Waals surface area contributed by atoms with Crippen LogP contribution in [0.25, 0.3) is 11.1 Å². The summed E-state index contributed by atoms with van der Waals surface area (Å²) >= 11 is 6.13. The standard InChI is InChI=1S/C30H35ClN6O2/c1-35-12-3-13-36(17-16-35)28(38)18-22-8-14-37(15-9-22)29-27(34-30(39)24-4-2-5-26(31)19-24)20-25(21-33-29)23-6-10-32-11-7-23/h2,4-7,10-11,19-22H,3,8-9,12-18H2,1H3,(H,34,39). The maximum atomic E-state index is 13.1. The predicted molar refractivity (Wildman–Crippen MR) is 155 cm³/mol. The molecule has 0 spiro atoms. The van der Waals surface area contributed by atoms with E-state index in [2.05, 4.69) is 27.1 Å². The summed E-state index contributed by atoms with van der Waals surface area (Å²) in [6.45, 7) is 5.22. The van der Waals surface area contributed by atoms with Crippen molar-refractivity contribution < 1.29 is 9.59 Å². The summed E-state index contributed by atoms with van der Waals surface area (Å²) in [6, 6.07) is 12.7. The van der Waals surface area contributed by atoms with Crippen LogP contribution in [0, 0.1) is 5.92 Å². The minimum Gasteiger partial charge on any atom is -0.355 e. The Labute approximate surface area is 235 Å². The minimum atomic E-state index is -0.240. The fraction of sp³-hybridized carbons (Fsp3) is 0.400. The Morgan fingerprint density at radius 1 is 0.974 bits per heavy atom. The Bertz CT molecular complexity index is 1300. The number of halogens is 1. The van der Waals surface area contributed by atoms with Gasteiger partial charge in [-0.2, -0.15) is 0 Å². The molecule has 3 aromatic rings. The number of hydrogen-bond acceptors (Lipinski definition) is 6. The molecule has 2 aromatic heterocycles. The first kappa shape index (κ1) is 27.1. The Kier molecular flexibility index (Phi) is 8.74. The van der Waals surface area contributed by atoms with Gasteiger partial charge in [0.15, 0.2) is 5.82 Å². The lowest BCUT2D eigenvalue weighted by Crippen LogP contribution is -2.39. The molecule has 4 heterocycles. The van der Waals surface area contributed by atoms with E-state index in [9.17, 15) is 9.59 Å². The quantitative estimate of drug-likeness (QED) is 0.477. The number of benzene rings is 1. The van der Waals surface area contributed by atoms with Crippen molar-refractivity contribution in [1.29, 1.82) is 0 Å². The van der Waals surface area contributed by atoms with E-state index in [4.69, 9.17) is 16.6 Å². The molecular formula is C30H35ClN6O2. The number of pyridine rings is 2. The van der Waals surface area contributed by atoms with E-state index in [0.29, 0.717) is 28.6 Å². The first-order chi connectivity index (χ1) is 19.0. The van der Waals surface area contributed by atoms with Crippen LogP contribution in [0.5, 0.6) is 0 Å². The summed E-state index contributed by atoms with van der Waals surface area (Å²) in [4.78, 5) is 41.6. The second-order valence-corrected chi connectivity index (χ2v) is 10.9. The lowest BCUT2D eigenvalue weighted by molar-refractivity contribution is -0.132. The Morgan fingerprint density at radius 3 is 2.54 bits per heavy atom. The molecule has 0 aliphatic carbocycles. The summed E-state index contributed by atoms with van der Waals surface area (Å²) < 4.78 is 0. The number of aromatic nitrogens is 2. The highest BCUT2D eigenvalue weighted by Gasteiger charge is 2.27. The number of amides is 2. The maximum Gasteiger partial charge on any atom is 0.255 e. The van der Waals surface area contributed by atoms with Gasteiger partial charge in [-0.1, -0.05) is 17.7 Å². The summed E-state index contributed by atoms with van der Waals surface area (Å²) in [6.07, 6.45) is 8.78. The molecule has 0 bridgehead atoms. The monoisotopic (exact) mass is 546 g/mol. The van der Waals surface area contributed by atoms with Crippen LogP contribution in [-0.2, 0) is 4.79 Å². The maximum absolute atomic E-state index is 13.1. The van der Waals surface area contributed by atoms with E-state index in [1.54, 1.807) is 36.7 Å².